The van der Waals surface area contributed by atoms with Gasteiger partial charge in [0.25, 0.3) is 5.91 Å². The van der Waals surface area contributed by atoms with E-state index in [1.807, 2.05) is 0 Å². The predicted octanol–water partition coefficient (Wildman–Crippen LogP) is 3.52. The third-order valence-electron chi connectivity index (χ3n) is 2.53. The van der Waals surface area contributed by atoms with Crippen molar-refractivity contribution in [2.75, 3.05) is 12.4 Å². The minimum atomic E-state index is -2.29. The van der Waals surface area contributed by atoms with Crippen LogP contribution in [0.25, 0.3) is 0 Å². The van der Waals surface area contributed by atoms with E-state index < -0.39 is 40.6 Å². The molecule has 1 N–H and O–H groups in total. The summed E-state index contributed by atoms with van der Waals surface area (Å²) in [4.78, 5) is 11.5. The van der Waals surface area contributed by atoms with E-state index in [4.69, 9.17) is 11.6 Å². The Bertz CT molecular complexity index is 480. The summed E-state index contributed by atoms with van der Waals surface area (Å²) >= 11 is 5.42. The Morgan fingerprint density at radius 3 is 1.85 bits per heavy atom. The average Bonchev–Trinajstić information content (AvgIpc) is 2.43. The van der Waals surface area contributed by atoms with Gasteiger partial charge in [-0.1, -0.05) is 6.42 Å². The van der Waals surface area contributed by atoms with Crippen molar-refractivity contribution in [3.63, 3.8) is 0 Å². The van der Waals surface area contributed by atoms with Crippen LogP contribution >= 0.6 is 11.6 Å². The lowest BCUT2D eigenvalue weighted by Gasteiger charge is -2.09. The second kappa shape index (κ2) is 7.42. The largest absolute Gasteiger partial charge is 0.352 e. The van der Waals surface area contributed by atoms with Crippen LogP contribution in [-0.4, -0.2) is 18.3 Å². The highest BCUT2D eigenvalue weighted by molar-refractivity contribution is 6.17. The van der Waals surface area contributed by atoms with Gasteiger partial charge in [0.2, 0.25) is 5.82 Å². The van der Waals surface area contributed by atoms with Gasteiger partial charge in [-0.15, -0.1) is 11.6 Å². The van der Waals surface area contributed by atoms with Gasteiger partial charge < -0.3 is 5.32 Å². The van der Waals surface area contributed by atoms with Gasteiger partial charge in [-0.05, 0) is 12.8 Å². The summed E-state index contributed by atoms with van der Waals surface area (Å²) in [6.07, 6.45) is 1.84. The number of rotatable bonds is 6. The molecule has 1 aromatic rings. The van der Waals surface area contributed by atoms with Crippen LogP contribution < -0.4 is 5.32 Å². The van der Waals surface area contributed by atoms with E-state index in [1.54, 1.807) is 0 Å². The molecule has 0 aromatic heterocycles. The molecule has 0 fully saturated rings. The van der Waals surface area contributed by atoms with Crippen molar-refractivity contribution >= 4 is 17.5 Å². The third kappa shape index (κ3) is 3.59. The molecular weight excluding hydrogens is 305 g/mol. The Hall–Kier alpha value is -1.37. The molecule has 0 spiro atoms. The zero-order valence-corrected chi connectivity index (χ0v) is 11.0. The van der Waals surface area contributed by atoms with E-state index in [9.17, 15) is 26.7 Å². The molecule has 1 aromatic carbocycles. The Kier molecular flexibility index (Phi) is 6.19. The number of benzene rings is 1. The van der Waals surface area contributed by atoms with Crippen LogP contribution in [0.4, 0.5) is 22.0 Å². The predicted molar refractivity (Wildman–Crippen MR) is 63.1 cm³/mol. The molecule has 0 radical (unpaired) electrons. The molecule has 0 aliphatic carbocycles. The molecule has 0 heterocycles. The van der Waals surface area contributed by atoms with E-state index in [0.29, 0.717) is 25.1 Å². The molecule has 0 saturated heterocycles. The molecule has 0 atom stereocenters. The summed E-state index contributed by atoms with van der Waals surface area (Å²) in [5, 5.41) is 2.10. The first-order valence-corrected chi connectivity index (χ1v) is 6.30. The third-order valence-corrected chi connectivity index (χ3v) is 2.80. The van der Waals surface area contributed by atoms with Gasteiger partial charge in [-0.3, -0.25) is 4.79 Å². The van der Waals surface area contributed by atoms with Gasteiger partial charge in [0.05, 0.1) is 0 Å². The standard InChI is InChI=1S/C12H11ClF5NO/c13-4-2-1-3-5-19-12(20)6-7(14)9(16)11(18)10(17)8(6)15/h1-5H2,(H,19,20). The van der Waals surface area contributed by atoms with Crippen molar-refractivity contribution in [3.05, 3.63) is 34.6 Å². The highest BCUT2D eigenvalue weighted by atomic mass is 35.5. The second-order valence-electron chi connectivity index (χ2n) is 3.95. The van der Waals surface area contributed by atoms with Crippen LogP contribution in [0, 0.1) is 29.1 Å². The maximum Gasteiger partial charge on any atom is 0.257 e. The molecule has 2 nitrogen and oxygen atoms in total. The molecule has 8 heteroatoms. The smallest absolute Gasteiger partial charge is 0.257 e. The van der Waals surface area contributed by atoms with Crippen LogP contribution in [0.1, 0.15) is 29.6 Å². The Morgan fingerprint density at radius 2 is 1.35 bits per heavy atom. The normalized spacial score (nSPS) is 10.7. The summed E-state index contributed by atoms with van der Waals surface area (Å²) in [7, 11) is 0. The van der Waals surface area contributed by atoms with Gasteiger partial charge in [0.15, 0.2) is 23.3 Å². The number of alkyl halides is 1. The molecule has 20 heavy (non-hydrogen) atoms. The zero-order valence-electron chi connectivity index (χ0n) is 10.2. The first kappa shape index (κ1) is 16.7. The average molecular weight is 316 g/mol. The summed E-state index contributed by atoms with van der Waals surface area (Å²) < 4.78 is 65.1. The fraction of sp³-hybridized carbons (Fsp3) is 0.417. The first-order valence-electron chi connectivity index (χ1n) is 5.77. The number of halogens is 6. The quantitative estimate of drug-likeness (QED) is 0.281. The topological polar surface area (TPSA) is 29.1 Å². The molecule has 0 aliphatic rings. The molecule has 112 valence electrons. The van der Waals surface area contributed by atoms with Crippen molar-refractivity contribution in [3.8, 4) is 0 Å². The van der Waals surface area contributed by atoms with Crippen LogP contribution in [0.5, 0.6) is 0 Å². The highest BCUT2D eigenvalue weighted by Gasteiger charge is 2.29. The molecular formula is C12H11ClF5NO. The molecule has 0 saturated carbocycles. The lowest BCUT2D eigenvalue weighted by atomic mass is 10.1. The van der Waals surface area contributed by atoms with Crippen molar-refractivity contribution < 1.29 is 26.7 Å². The monoisotopic (exact) mass is 315 g/mol. The van der Waals surface area contributed by atoms with E-state index in [1.165, 1.54) is 0 Å². The van der Waals surface area contributed by atoms with Crippen molar-refractivity contribution in [2.45, 2.75) is 19.3 Å². The maximum atomic E-state index is 13.3. The lowest BCUT2D eigenvalue weighted by molar-refractivity contribution is 0.0941. The van der Waals surface area contributed by atoms with E-state index in [-0.39, 0.29) is 6.54 Å². The van der Waals surface area contributed by atoms with Gasteiger partial charge in [0, 0.05) is 12.4 Å². The summed E-state index contributed by atoms with van der Waals surface area (Å²) in [5.41, 5.74) is -1.47. The Balaban J connectivity index is 2.83. The van der Waals surface area contributed by atoms with Crippen LogP contribution in [-0.2, 0) is 0 Å². The number of nitrogens with one attached hydrogen (secondary N) is 1. The summed E-state index contributed by atoms with van der Waals surface area (Å²) in [6, 6.07) is 0. The molecule has 1 rings (SSSR count). The van der Waals surface area contributed by atoms with E-state index >= 15 is 0 Å². The number of carbonyl (C=O) groups excluding carboxylic acids is 1. The van der Waals surface area contributed by atoms with Crippen molar-refractivity contribution in [1.29, 1.82) is 0 Å². The second-order valence-corrected chi connectivity index (χ2v) is 4.33. The van der Waals surface area contributed by atoms with Gasteiger partial charge in [0.1, 0.15) is 5.56 Å². The fourth-order valence-electron chi connectivity index (χ4n) is 1.49. The van der Waals surface area contributed by atoms with E-state index in [0.717, 1.165) is 0 Å². The lowest BCUT2D eigenvalue weighted by Crippen LogP contribution is -2.28. The van der Waals surface area contributed by atoms with Crippen LogP contribution in [0.15, 0.2) is 0 Å². The summed E-state index contributed by atoms with van der Waals surface area (Å²) in [6.45, 7) is 0.0508. The SMILES string of the molecule is O=C(NCCCCCCl)c1c(F)c(F)c(F)c(F)c1F. The van der Waals surface area contributed by atoms with Crippen LogP contribution in [0.2, 0.25) is 0 Å². The maximum absolute atomic E-state index is 13.3. The van der Waals surface area contributed by atoms with Crippen molar-refractivity contribution in [1.82, 2.24) is 5.32 Å². The Labute approximate surface area is 116 Å². The molecule has 0 bridgehead atoms. The van der Waals surface area contributed by atoms with Crippen LogP contribution in [0.3, 0.4) is 0 Å². The number of unbranched alkanes of at least 4 members (excludes halogenated alkanes) is 2. The molecule has 0 unspecified atom stereocenters. The number of hydrogen-bond donors (Lipinski definition) is 1. The van der Waals surface area contributed by atoms with Gasteiger partial charge >= 0.3 is 0 Å². The van der Waals surface area contributed by atoms with Gasteiger partial charge in [-0.2, -0.15) is 0 Å². The zero-order chi connectivity index (χ0) is 15.3. The van der Waals surface area contributed by atoms with Gasteiger partial charge in [-0.25, -0.2) is 22.0 Å². The molecule has 1 amide bonds. The fourth-order valence-corrected chi connectivity index (χ4v) is 1.68. The summed E-state index contributed by atoms with van der Waals surface area (Å²) in [5.74, 6) is -11.8. The minimum absolute atomic E-state index is 0.0508. The van der Waals surface area contributed by atoms with Crippen molar-refractivity contribution in [2.24, 2.45) is 0 Å². The highest BCUT2D eigenvalue weighted by Crippen LogP contribution is 2.22. The minimum Gasteiger partial charge on any atom is -0.352 e. The number of amides is 1. The number of hydrogen-bond acceptors (Lipinski definition) is 1. The van der Waals surface area contributed by atoms with E-state index in [2.05, 4.69) is 5.32 Å². The number of carbonyl (C=O) groups is 1. The molecule has 0 aliphatic heterocycles. The first-order chi connectivity index (χ1) is 9.41. The Morgan fingerprint density at radius 1 is 0.850 bits per heavy atom.